The maximum absolute atomic E-state index is 9.80. The molecule has 5 N–H and O–H groups in total. The average Bonchev–Trinajstić information content (AvgIpc) is 2.29. The summed E-state index contributed by atoms with van der Waals surface area (Å²) in [6.45, 7) is 0.267. The molecule has 0 bridgehead atoms. The van der Waals surface area contributed by atoms with E-state index in [9.17, 15) is 15.3 Å². The van der Waals surface area contributed by atoms with Crippen LogP contribution in [-0.2, 0) is 0 Å². The van der Waals surface area contributed by atoms with Crippen molar-refractivity contribution >= 4 is 0 Å². The Morgan fingerprint density at radius 2 is 2.06 bits per heavy atom. The van der Waals surface area contributed by atoms with E-state index < -0.39 is 12.2 Å². The van der Waals surface area contributed by atoms with Crippen molar-refractivity contribution in [3.63, 3.8) is 0 Å². The first-order valence-electron chi connectivity index (χ1n) is 5.03. The van der Waals surface area contributed by atoms with Crippen LogP contribution in [0.1, 0.15) is 18.1 Å². The molecule has 0 aliphatic heterocycles. The minimum Gasteiger partial charge on any atom is -0.508 e. The lowest BCUT2D eigenvalue weighted by atomic mass is 10.0. The monoisotopic (exact) mass is 227 g/mol. The van der Waals surface area contributed by atoms with Gasteiger partial charge in [-0.05, 0) is 31.2 Å². The Morgan fingerprint density at radius 3 is 2.62 bits per heavy atom. The molecule has 0 amide bonds. The van der Waals surface area contributed by atoms with Gasteiger partial charge in [-0.25, -0.2) is 0 Å². The lowest BCUT2D eigenvalue weighted by Gasteiger charge is -2.18. The number of methoxy groups -OCH3 is 1. The highest BCUT2D eigenvalue weighted by Crippen LogP contribution is 2.30. The van der Waals surface area contributed by atoms with Crippen molar-refractivity contribution in [3.05, 3.63) is 23.8 Å². The average molecular weight is 227 g/mol. The highest BCUT2D eigenvalue weighted by molar-refractivity contribution is 5.41. The fourth-order valence-electron chi connectivity index (χ4n) is 1.43. The zero-order valence-corrected chi connectivity index (χ0v) is 9.13. The normalized spacial score (nSPS) is 14.5. The van der Waals surface area contributed by atoms with E-state index in [0.717, 1.165) is 0 Å². The SMILES string of the molecule is COc1ccc(O)c(C(O)C(O)CCN)c1. The quantitative estimate of drug-likeness (QED) is 0.574. The molecule has 16 heavy (non-hydrogen) atoms. The van der Waals surface area contributed by atoms with Crippen molar-refractivity contribution in [1.29, 1.82) is 0 Å². The van der Waals surface area contributed by atoms with Crippen LogP contribution in [0.25, 0.3) is 0 Å². The second-order valence-electron chi connectivity index (χ2n) is 3.51. The summed E-state index contributed by atoms with van der Waals surface area (Å²) in [6.07, 6.45) is -1.90. The van der Waals surface area contributed by atoms with Crippen LogP contribution in [0.4, 0.5) is 0 Å². The Kier molecular flexibility index (Phi) is 4.54. The number of hydrogen-bond acceptors (Lipinski definition) is 5. The van der Waals surface area contributed by atoms with Gasteiger partial charge in [0.05, 0.1) is 13.2 Å². The van der Waals surface area contributed by atoms with E-state index in [4.69, 9.17) is 10.5 Å². The summed E-state index contributed by atoms with van der Waals surface area (Å²) in [5.41, 5.74) is 5.52. The molecule has 0 spiro atoms. The molecule has 1 rings (SSSR count). The van der Waals surface area contributed by atoms with E-state index in [1.165, 1.54) is 19.2 Å². The Morgan fingerprint density at radius 1 is 1.38 bits per heavy atom. The number of hydrogen-bond donors (Lipinski definition) is 4. The maximum atomic E-state index is 9.80. The van der Waals surface area contributed by atoms with Crippen LogP contribution < -0.4 is 10.5 Å². The van der Waals surface area contributed by atoms with Gasteiger partial charge in [0.1, 0.15) is 17.6 Å². The smallest absolute Gasteiger partial charge is 0.121 e. The third-order valence-corrected chi connectivity index (χ3v) is 2.38. The van der Waals surface area contributed by atoms with Crippen molar-refractivity contribution in [2.45, 2.75) is 18.6 Å². The van der Waals surface area contributed by atoms with Gasteiger partial charge in [-0.3, -0.25) is 0 Å². The van der Waals surface area contributed by atoms with Gasteiger partial charge in [0.2, 0.25) is 0 Å². The van der Waals surface area contributed by atoms with Crippen LogP contribution in [0.3, 0.4) is 0 Å². The van der Waals surface area contributed by atoms with Gasteiger partial charge in [-0.2, -0.15) is 0 Å². The summed E-state index contributed by atoms with van der Waals surface area (Å²) >= 11 is 0. The van der Waals surface area contributed by atoms with Crippen molar-refractivity contribution in [3.8, 4) is 11.5 Å². The van der Waals surface area contributed by atoms with Crippen molar-refractivity contribution < 1.29 is 20.1 Å². The molecule has 5 heteroatoms. The van der Waals surface area contributed by atoms with E-state index in [2.05, 4.69) is 0 Å². The van der Waals surface area contributed by atoms with Crippen LogP contribution in [0.15, 0.2) is 18.2 Å². The van der Waals surface area contributed by atoms with Gasteiger partial charge in [0, 0.05) is 5.56 Å². The van der Waals surface area contributed by atoms with Gasteiger partial charge in [-0.15, -0.1) is 0 Å². The van der Waals surface area contributed by atoms with Crippen LogP contribution in [-0.4, -0.2) is 35.1 Å². The van der Waals surface area contributed by atoms with Crippen LogP contribution in [0.5, 0.6) is 11.5 Å². The van der Waals surface area contributed by atoms with Gasteiger partial charge in [-0.1, -0.05) is 0 Å². The topological polar surface area (TPSA) is 95.9 Å². The summed E-state index contributed by atoms with van der Waals surface area (Å²) in [6, 6.07) is 4.47. The molecule has 0 heterocycles. The van der Waals surface area contributed by atoms with Gasteiger partial charge in [0.25, 0.3) is 0 Å². The Bertz CT molecular complexity index is 343. The summed E-state index contributed by atoms with van der Waals surface area (Å²) in [7, 11) is 1.48. The maximum Gasteiger partial charge on any atom is 0.121 e. The fourth-order valence-corrected chi connectivity index (χ4v) is 1.43. The number of aliphatic hydroxyl groups is 2. The summed E-state index contributed by atoms with van der Waals surface area (Å²) in [5.74, 6) is 0.427. The number of phenols is 1. The van der Waals surface area contributed by atoms with Crippen molar-refractivity contribution in [2.24, 2.45) is 5.73 Å². The first-order chi connectivity index (χ1) is 7.60. The third-order valence-electron chi connectivity index (χ3n) is 2.38. The molecule has 0 aromatic heterocycles. The zero-order chi connectivity index (χ0) is 12.1. The third kappa shape index (κ3) is 2.85. The molecule has 0 aliphatic carbocycles. The Hall–Kier alpha value is -1.30. The molecule has 0 radical (unpaired) electrons. The van der Waals surface area contributed by atoms with Crippen LogP contribution >= 0.6 is 0 Å². The molecule has 90 valence electrons. The first kappa shape index (κ1) is 12.8. The lowest BCUT2D eigenvalue weighted by molar-refractivity contribution is 0.0136. The second kappa shape index (κ2) is 5.69. The molecule has 5 nitrogen and oxygen atoms in total. The summed E-state index contributed by atoms with van der Waals surface area (Å²) in [4.78, 5) is 0. The number of ether oxygens (including phenoxy) is 1. The largest absolute Gasteiger partial charge is 0.508 e. The molecule has 1 aromatic rings. The van der Waals surface area contributed by atoms with Crippen molar-refractivity contribution in [2.75, 3.05) is 13.7 Å². The molecule has 2 atom stereocenters. The number of rotatable bonds is 5. The number of benzene rings is 1. The molecular weight excluding hydrogens is 210 g/mol. The molecule has 0 saturated carbocycles. The molecule has 2 unspecified atom stereocenters. The molecule has 0 saturated heterocycles. The highest BCUT2D eigenvalue weighted by Gasteiger charge is 2.21. The van der Waals surface area contributed by atoms with Crippen molar-refractivity contribution in [1.82, 2.24) is 0 Å². The van der Waals surface area contributed by atoms with Crippen LogP contribution in [0, 0.1) is 0 Å². The highest BCUT2D eigenvalue weighted by atomic mass is 16.5. The van der Waals surface area contributed by atoms with E-state index in [0.29, 0.717) is 5.75 Å². The minimum absolute atomic E-state index is 0.0793. The van der Waals surface area contributed by atoms with E-state index in [1.807, 2.05) is 0 Å². The minimum atomic E-state index is -1.17. The number of aliphatic hydroxyl groups excluding tert-OH is 2. The van der Waals surface area contributed by atoms with E-state index >= 15 is 0 Å². The van der Waals surface area contributed by atoms with Gasteiger partial charge < -0.3 is 25.8 Å². The lowest BCUT2D eigenvalue weighted by Crippen LogP contribution is -2.21. The van der Waals surface area contributed by atoms with Crippen LogP contribution in [0.2, 0.25) is 0 Å². The molecule has 0 fully saturated rings. The molecule has 1 aromatic carbocycles. The predicted octanol–water partition coefficient (Wildman–Crippen LogP) is 0.144. The second-order valence-corrected chi connectivity index (χ2v) is 3.51. The number of nitrogens with two attached hydrogens (primary N) is 1. The molecular formula is C11H17NO4. The fraction of sp³-hybridized carbons (Fsp3) is 0.455. The standard InChI is InChI=1S/C11H17NO4/c1-16-7-2-3-9(13)8(6-7)11(15)10(14)4-5-12/h2-3,6,10-11,13-15H,4-5,12H2,1H3. The first-order valence-corrected chi connectivity index (χ1v) is 5.03. The zero-order valence-electron chi connectivity index (χ0n) is 9.13. The number of aromatic hydroxyl groups is 1. The van der Waals surface area contributed by atoms with Gasteiger partial charge in [0.15, 0.2) is 0 Å². The summed E-state index contributed by atoms with van der Waals surface area (Å²) in [5, 5.41) is 28.9. The van der Waals surface area contributed by atoms with E-state index in [-0.39, 0.29) is 24.3 Å². The number of phenolic OH excluding ortho intramolecular Hbond substituents is 1. The summed E-state index contributed by atoms with van der Waals surface area (Å²) < 4.78 is 4.97. The molecule has 0 aliphatic rings. The van der Waals surface area contributed by atoms with E-state index in [1.54, 1.807) is 6.07 Å². The Labute approximate surface area is 94.1 Å². The Balaban J connectivity index is 2.92. The van der Waals surface area contributed by atoms with Gasteiger partial charge >= 0.3 is 0 Å². The predicted molar refractivity (Wildman–Crippen MR) is 59.3 cm³/mol.